The van der Waals surface area contributed by atoms with Crippen LogP contribution in [-0.2, 0) is 9.59 Å². The highest BCUT2D eigenvalue weighted by Gasteiger charge is 2.47. The number of rotatable bonds is 3. The Kier molecular flexibility index (Phi) is 2.82. The van der Waals surface area contributed by atoms with Gasteiger partial charge in [-0.25, -0.2) is 14.5 Å². The lowest BCUT2D eigenvalue weighted by Crippen LogP contribution is -2.49. The van der Waals surface area contributed by atoms with Crippen LogP contribution in [0.3, 0.4) is 0 Å². The Morgan fingerprint density at radius 1 is 1.11 bits per heavy atom. The Morgan fingerprint density at radius 3 is 2.16 bits per heavy atom. The second kappa shape index (κ2) is 4.20. The van der Waals surface area contributed by atoms with Gasteiger partial charge in [0.15, 0.2) is 0 Å². The molecule has 1 aliphatic heterocycles. The minimum Gasteiger partial charge on any atom is -0.479 e. The number of fused-ring (bicyclic) bond motifs is 1. The molecule has 2 N–H and O–H groups in total. The van der Waals surface area contributed by atoms with Crippen molar-refractivity contribution in [2.75, 3.05) is 0 Å². The van der Waals surface area contributed by atoms with Crippen molar-refractivity contribution in [1.82, 2.24) is 4.90 Å². The maximum absolute atomic E-state index is 12.1. The first-order chi connectivity index (χ1) is 8.86. The van der Waals surface area contributed by atoms with E-state index in [1.807, 2.05) is 0 Å². The molecule has 0 radical (unpaired) electrons. The minimum atomic E-state index is -2.22. The molecule has 1 aliphatic rings. The standard InChI is InChI=1S/C12H9NO6/c1-5-3-2-4-6-7(5)10(15)13(9(6)14)8(11(16)17)12(18)19/h2-4,8H,1H3,(H,16,17)(H,18,19). The summed E-state index contributed by atoms with van der Waals surface area (Å²) >= 11 is 0. The summed E-state index contributed by atoms with van der Waals surface area (Å²) in [5.74, 6) is -5.33. The lowest BCUT2D eigenvalue weighted by atomic mass is 10.0. The van der Waals surface area contributed by atoms with Gasteiger partial charge in [0.1, 0.15) is 0 Å². The molecule has 0 bridgehead atoms. The molecule has 2 amide bonds. The molecular weight excluding hydrogens is 254 g/mol. The van der Waals surface area contributed by atoms with Gasteiger partial charge in [-0.3, -0.25) is 9.59 Å². The highest BCUT2D eigenvalue weighted by atomic mass is 16.4. The summed E-state index contributed by atoms with van der Waals surface area (Å²) in [7, 11) is 0. The third-order valence-corrected chi connectivity index (χ3v) is 2.88. The lowest BCUT2D eigenvalue weighted by Gasteiger charge is -2.18. The smallest absolute Gasteiger partial charge is 0.338 e. The maximum atomic E-state index is 12.1. The van der Waals surface area contributed by atoms with E-state index < -0.39 is 29.8 Å². The molecule has 2 rings (SSSR count). The fourth-order valence-corrected chi connectivity index (χ4v) is 2.03. The molecule has 0 saturated heterocycles. The van der Waals surface area contributed by atoms with Crippen molar-refractivity contribution >= 4 is 23.8 Å². The first-order valence-corrected chi connectivity index (χ1v) is 5.29. The number of nitrogens with zero attached hydrogens (tertiary/aromatic N) is 1. The molecule has 1 aromatic rings. The summed E-state index contributed by atoms with van der Waals surface area (Å²) in [6.07, 6.45) is 0. The number of aryl methyl sites for hydroxylation is 1. The van der Waals surface area contributed by atoms with E-state index in [9.17, 15) is 19.2 Å². The number of aliphatic carboxylic acids is 2. The molecule has 0 aromatic heterocycles. The quantitative estimate of drug-likeness (QED) is 0.592. The molecule has 1 aromatic carbocycles. The van der Waals surface area contributed by atoms with Crippen molar-refractivity contribution in [3.63, 3.8) is 0 Å². The van der Waals surface area contributed by atoms with Crippen molar-refractivity contribution in [2.45, 2.75) is 13.0 Å². The van der Waals surface area contributed by atoms with Crippen molar-refractivity contribution in [3.05, 3.63) is 34.9 Å². The zero-order valence-corrected chi connectivity index (χ0v) is 9.78. The first-order valence-electron chi connectivity index (χ1n) is 5.29. The predicted octanol–water partition coefficient (Wildman–Crippen LogP) is 0.129. The van der Waals surface area contributed by atoms with Crippen molar-refractivity contribution in [3.8, 4) is 0 Å². The molecule has 0 fully saturated rings. The van der Waals surface area contributed by atoms with Crippen LogP contribution in [0.2, 0.25) is 0 Å². The molecule has 19 heavy (non-hydrogen) atoms. The molecule has 7 nitrogen and oxygen atoms in total. The number of amides is 2. The number of hydrogen-bond acceptors (Lipinski definition) is 4. The molecular formula is C12H9NO6. The summed E-state index contributed by atoms with van der Waals surface area (Å²) in [4.78, 5) is 46.2. The van der Waals surface area contributed by atoms with Crippen molar-refractivity contribution in [1.29, 1.82) is 0 Å². The largest absolute Gasteiger partial charge is 0.479 e. The molecule has 7 heteroatoms. The van der Waals surface area contributed by atoms with Gasteiger partial charge >= 0.3 is 11.9 Å². The number of carboxylic acid groups (broad SMARTS) is 2. The zero-order valence-electron chi connectivity index (χ0n) is 9.78. The summed E-state index contributed by atoms with van der Waals surface area (Å²) < 4.78 is 0. The van der Waals surface area contributed by atoms with Gasteiger partial charge in [-0.15, -0.1) is 0 Å². The van der Waals surface area contributed by atoms with Crippen LogP contribution in [0.15, 0.2) is 18.2 Å². The average Bonchev–Trinajstić information content (AvgIpc) is 2.55. The second-order valence-corrected chi connectivity index (χ2v) is 4.06. The topological polar surface area (TPSA) is 112 Å². The Labute approximate surface area is 107 Å². The zero-order chi connectivity index (χ0) is 14.3. The van der Waals surface area contributed by atoms with E-state index in [4.69, 9.17) is 10.2 Å². The third-order valence-electron chi connectivity index (χ3n) is 2.88. The van der Waals surface area contributed by atoms with Gasteiger partial charge in [0.25, 0.3) is 11.8 Å². The molecule has 0 aliphatic carbocycles. The van der Waals surface area contributed by atoms with Crippen LogP contribution in [0.5, 0.6) is 0 Å². The van der Waals surface area contributed by atoms with Gasteiger partial charge < -0.3 is 10.2 Å². The fraction of sp³-hybridized carbons (Fsp3) is 0.167. The summed E-state index contributed by atoms with van der Waals surface area (Å²) in [6, 6.07) is 2.28. The van der Waals surface area contributed by atoms with E-state index >= 15 is 0 Å². The normalized spacial score (nSPS) is 13.9. The van der Waals surface area contributed by atoms with Gasteiger partial charge in [0.2, 0.25) is 6.04 Å². The van der Waals surface area contributed by atoms with E-state index in [1.54, 1.807) is 19.1 Å². The van der Waals surface area contributed by atoms with Crippen LogP contribution in [0.4, 0.5) is 0 Å². The number of carbonyl (C=O) groups excluding carboxylic acids is 2. The number of carboxylic acids is 2. The molecule has 0 unspecified atom stereocenters. The second-order valence-electron chi connectivity index (χ2n) is 4.06. The molecule has 98 valence electrons. The number of carbonyl (C=O) groups is 4. The first kappa shape index (κ1) is 12.7. The van der Waals surface area contributed by atoms with Gasteiger partial charge in [0.05, 0.1) is 11.1 Å². The molecule has 0 atom stereocenters. The van der Waals surface area contributed by atoms with E-state index in [2.05, 4.69) is 0 Å². The Balaban J connectivity index is 2.57. The van der Waals surface area contributed by atoms with Gasteiger partial charge in [-0.1, -0.05) is 12.1 Å². The van der Waals surface area contributed by atoms with Crippen LogP contribution in [0.25, 0.3) is 0 Å². The Morgan fingerprint density at radius 2 is 1.68 bits per heavy atom. The van der Waals surface area contributed by atoms with Crippen LogP contribution in [0, 0.1) is 6.92 Å². The Hall–Kier alpha value is -2.70. The summed E-state index contributed by atoms with van der Waals surface area (Å²) in [6.45, 7) is 1.59. The molecule has 0 saturated carbocycles. The molecule has 0 spiro atoms. The average molecular weight is 263 g/mol. The van der Waals surface area contributed by atoms with Crippen LogP contribution in [-0.4, -0.2) is 44.9 Å². The van der Waals surface area contributed by atoms with Gasteiger partial charge in [-0.05, 0) is 18.6 Å². The number of hydrogen-bond donors (Lipinski definition) is 2. The van der Waals surface area contributed by atoms with Crippen LogP contribution in [0.1, 0.15) is 26.3 Å². The van der Waals surface area contributed by atoms with Crippen molar-refractivity contribution < 1.29 is 29.4 Å². The number of imide groups is 1. The lowest BCUT2D eigenvalue weighted by molar-refractivity contribution is -0.154. The fourth-order valence-electron chi connectivity index (χ4n) is 2.03. The maximum Gasteiger partial charge on any atom is 0.338 e. The van der Waals surface area contributed by atoms with E-state index in [-0.39, 0.29) is 16.0 Å². The van der Waals surface area contributed by atoms with Crippen LogP contribution >= 0.6 is 0 Å². The summed E-state index contributed by atoms with van der Waals surface area (Å²) in [5.41, 5.74) is 0.574. The minimum absolute atomic E-state index is 0.0255. The van der Waals surface area contributed by atoms with E-state index in [0.717, 1.165) is 0 Å². The Bertz CT molecular complexity index is 607. The monoisotopic (exact) mass is 263 g/mol. The van der Waals surface area contributed by atoms with E-state index in [1.165, 1.54) is 6.07 Å². The predicted molar refractivity (Wildman–Crippen MR) is 60.7 cm³/mol. The SMILES string of the molecule is Cc1cccc2c1C(=O)N(C(C(=O)O)C(=O)O)C2=O. The summed E-state index contributed by atoms with van der Waals surface area (Å²) in [5, 5.41) is 17.7. The van der Waals surface area contributed by atoms with E-state index in [0.29, 0.717) is 5.56 Å². The molecule has 1 heterocycles. The van der Waals surface area contributed by atoms with Gasteiger partial charge in [0, 0.05) is 0 Å². The van der Waals surface area contributed by atoms with Gasteiger partial charge in [-0.2, -0.15) is 0 Å². The number of benzene rings is 1. The van der Waals surface area contributed by atoms with Crippen molar-refractivity contribution in [2.24, 2.45) is 0 Å². The third kappa shape index (κ3) is 1.75. The van der Waals surface area contributed by atoms with Crippen LogP contribution < -0.4 is 0 Å². The highest BCUT2D eigenvalue weighted by Crippen LogP contribution is 2.27. The highest BCUT2D eigenvalue weighted by molar-refractivity contribution is 6.25.